The van der Waals surface area contributed by atoms with Gasteiger partial charge in [0.25, 0.3) is 15.9 Å². The molecule has 2 aromatic rings. The zero-order valence-corrected chi connectivity index (χ0v) is 14.5. The van der Waals surface area contributed by atoms with E-state index >= 15 is 0 Å². The van der Waals surface area contributed by atoms with Crippen molar-refractivity contribution in [2.24, 2.45) is 0 Å². The van der Waals surface area contributed by atoms with Gasteiger partial charge in [0.2, 0.25) is 0 Å². The van der Waals surface area contributed by atoms with Crippen LogP contribution in [0.2, 0.25) is 0 Å². The highest BCUT2D eigenvalue weighted by molar-refractivity contribution is 9.10. The number of sulfonamides is 1. The SMILES string of the molecule is Cc1ccc(C(=O)NNS(=O)(=O)c2ccccc2Br)c(C)c1. The molecule has 0 saturated heterocycles. The predicted octanol–water partition coefficient (Wildman–Crippen LogP) is 2.69. The first-order valence-electron chi connectivity index (χ1n) is 6.45. The topological polar surface area (TPSA) is 75.3 Å². The highest BCUT2D eigenvalue weighted by Gasteiger charge is 2.18. The first kappa shape index (κ1) is 16.7. The summed E-state index contributed by atoms with van der Waals surface area (Å²) in [7, 11) is -3.84. The standard InChI is InChI=1S/C15H15BrN2O3S/c1-10-7-8-12(11(2)9-10)15(19)17-18-22(20,21)14-6-4-3-5-13(14)16/h3-9,18H,1-2H3,(H,17,19). The smallest absolute Gasteiger partial charge is 0.266 e. The van der Waals surface area contributed by atoms with Crippen LogP contribution in [0, 0.1) is 13.8 Å². The number of carbonyl (C=O) groups is 1. The molecule has 0 fully saturated rings. The van der Waals surface area contributed by atoms with E-state index in [-0.39, 0.29) is 4.90 Å². The molecule has 22 heavy (non-hydrogen) atoms. The molecular formula is C15H15BrN2O3S. The molecule has 0 aliphatic heterocycles. The molecule has 5 nitrogen and oxygen atoms in total. The summed E-state index contributed by atoms with van der Waals surface area (Å²) in [6, 6.07) is 11.7. The lowest BCUT2D eigenvalue weighted by Crippen LogP contribution is -2.41. The van der Waals surface area contributed by atoms with Gasteiger partial charge in [0.15, 0.2) is 0 Å². The molecular weight excluding hydrogens is 368 g/mol. The summed E-state index contributed by atoms with van der Waals surface area (Å²) in [6.45, 7) is 3.72. The van der Waals surface area contributed by atoms with Crippen molar-refractivity contribution >= 4 is 31.9 Å². The molecule has 0 unspecified atom stereocenters. The van der Waals surface area contributed by atoms with E-state index in [0.29, 0.717) is 10.0 Å². The van der Waals surface area contributed by atoms with Gasteiger partial charge >= 0.3 is 0 Å². The molecule has 116 valence electrons. The van der Waals surface area contributed by atoms with E-state index in [1.807, 2.05) is 13.0 Å². The molecule has 0 aliphatic rings. The Morgan fingerprint density at radius 1 is 1.09 bits per heavy atom. The summed E-state index contributed by atoms with van der Waals surface area (Å²) < 4.78 is 24.8. The van der Waals surface area contributed by atoms with Crippen molar-refractivity contribution in [1.82, 2.24) is 10.3 Å². The Balaban J connectivity index is 2.15. The largest absolute Gasteiger partial charge is 0.273 e. The van der Waals surface area contributed by atoms with Gasteiger partial charge in [0.05, 0.1) is 4.90 Å². The van der Waals surface area contributed by atoms with E-state index < -0.39 is 15.9 Å². The average Bonchev–Trinajstić information content (AvgIpc) is 2.45. The molecule has 2 rings (SSSR count). The molecule has 0 spiro atoms. The lowest BCUT2D eigenvalue weighted by atomic mass is 10.1. The number of halogens is 1. The van der Waals surface area contributed by atoms with Crippen molar-refractivity contribution < 1.29 is 13.2 Å². The van der Waals surface area contributed by atoms with Crippen LogP contribution in [0.3, 0.4) is 0 Å². The number of rotatable bonds is 4. The lowest BCUT2D eigenvalue weighted by Gasteiger charge is -2.11. The third kappa shape index (κ3) is 3.73. The highest BCUT2D eigenvalue weighted by Crippen LogP contribution is 2.20. The Labute approximate surface area is 137 Å². The number of hydrogen-bond acceptors (Lipinski definition) is 3. The summed E-state index contributed by atoms with van der Waals surface area (Å²) >= 11 is 3.17. The van der Waals surface area contributed by atoms with Gasteiger partial charge < -0.3 is 0 Å². The molecule has 0 atom stereocenters. The first-order chi connectivity index (χ1) is 10.3. The molecule has 0 radical (unpaired) electrons. The van der Waals surface area contributed by atoms with Crippen molar-refractivity contribution in [3.63, 3.8) is 0 Å². The van der Waals surface area contributed by atoms with Crippen molar-refractivity contribution in [2.75, 3.05) is 0 Å². The molecule has 0 saturated carbocycles. The maximum Gasteiger partial charge on any atom is 0.266 e. The second-order valence-electron chi connectivity index (χ2n) is 4.81. The van der Waals surface area contributed by atoms with Crippen LogP contribution in [0.1, 0.15) is 21.5 Å². The van der Waals surface area contributed by atoms with E-state index in [9.17, 15) is 13.2 Å². The van der Waals surface area contributed by atoms with Gasteiger partial charge in [-0.1, -0.05) is 29.8 Å². The van der Waals surface area contributed by atoms with Gasteiger partial charge in [-0.2, -0.15) is 0 Å². The molecule has 1 amide bonds. The summed E-state index contributed by atoms with van der Waals surface area (Å²) in [5.41, 5.74) is 4.45. The van der Waals surface area contributed by atoms with E-state index in [4.69, 9.17) is 0 Å². The number of aryl methyl sites for hydroxylation is 2. The van der Waals surface area contributed by atoms with E-state index in [2.05, 4.69) is 26.2 Å². The van der Waals surface area contributed by atoms with E-state index in [1.165, 1.54) is 6.07 Å². The third-order valence-electron chi connectivity index (χ3n) is 3.05. The maximum absolute atomic E-state index is 12.2. The number of hydrogen-bond donors (Lipinski definition) is 2. The molecule has 0 aromatic heterocycles. The molecule has 2 N–H and O–H groups in total. The fraction of sp³-hybridized carbons (Fsp3) is 0.133. The van der Waals surface area contributed by atoms with Crippen LogP contribution < -0.4 is 10.3 Å². The zero-order chi connectivity index (χ0) is 16.3. The van der Waals surface area contributed by atoms with E-state index in [1.54, 1.807) is 37.3 Å². The van der Waals surface area contributed by atoms with Crippen LogP contribution in [-0.4, -0.2) is 14.3 Å². The second-order valence-corrected chi connectivity index (χ2v) is 7.31. The zero-order valence-electron chi connectivity index (χ0n) is 12.1. The average molecular weight is 383 g/mol. The number of amides is 1. The minimum Gasteiger partial charge on any atom is -0.273 e. The molecule has 0 bridgehead atoms. The fourth-order valence-electron chi connectivity index (χ4n) is 1.97. The van der Waals surface area contributed by atoms with Gasteiger partial charge in [0.1, 0.15) is 0 Å². The summed E-state index contributed by atoms with van der Waals surface area (Å²) in [4.78, 5) is 14.2. The molecule has 0 heterocycles. The van der Waals surface area contributed by atoms with Crippen LogP contribution in [-0.2, 0) is 10.0 Å². The summed E-state index contributed by atoms with van der Waals surface area (Å²) in [6.07, 6.45) is 0. The Kier molecular flexibility index (Phi) is 5.00. The maximum atomic E-state index is 12.2. The third-order valence-corrected chi connectivity index (χ3v) is 5.31. The fourth-order valence-corrected chi connectivity index (χ4v) is 3.81. The van der Waals surface area contributed by atoms with Crippen molar-refractivity contribution in [3.8, 4) is 0 Å². The Morgan fingerprint density at radius 3 is 2.41 bits per heavy atom. The molecule has 0 aliphatic carbocycles. The van der Waals surface area contributed by atoms with E-state index in [0.717, 1.165) is 11.1 Å². The van der Waals surface area contributed by atoms with Gasteiger partial charge in [-0.25, -0.2) is 8.42 Å². The van der Waals surface area contributed by atoms with Crippen LogP contribution in [0.15, 0.2) is 51.8 Å². The van der Waals surface area contributed by atoms with Crippen molar-refractivity contribution in [1.29, 1.82) is 0 Å². The van der Waals surface area contributed by atoms with Crippen molar-refractivity contribution in [3.05, 3.63) is 63.6 Å². The summed E-state index contributed by atoms with van der Waals surface area (Å²) in [5.74, 6) is -0.506. The minimum atomic E-state index is -3.84. The minimum absolute atomic E-state index is 0.0518. The monoisotopic (exact) mass is 382 g/mol. The Hall–Kier alpha value is -1.70. The normalized spacial score (nSPS) is 11.2. The van der Waals surface area contributed by atoms with Gasteiger partial charge in [0, 0.05) is 10.0 Å². The van der Waals surface area contributed by atoms with Gasteiger partial charge in [-0.15, -0.1) is 4.83 Å². The van der Waals surface area contributed by atoms with Gasteiger partial charge in [-0.3, -0.25) is 10.2 Å². The second kappa shape index (κ2) is 6.60. The van der Waals surface area contributed by atoms with Crippen LogP contribution in [0.25, 0.3) is 0 Å². The highest BCUT2D eigenvalue weighted by atomic mass is 79.9. The summed E-state index contributed by atoms with van der Waals surface area (Å²) in [5, 5.41) is 0. The van der Waals surface area contributed by atoms with Crippen LogP contribution >= 0.6 is 15.9 Å². The molecule has 2 aromatic carbocycles. The van der Waals surface area contributed by atoms with Crippen LogP contribution in [0.4, 0.5) is 0 Å². The number of carbonyl (C=O) groups excluding carboxylic acids is 1. The lowest BCUT2D eigenvalue weighted by molar-refractivity contribution is 0.0944. The van der Waals surface area contributed by atoms with Crippen LogP contribution in [0.5, 0.6) is 0 Å². The van der Waals surface area contributed by atoms with Crippen molar-refractivity contribution in [2.45, 2.75) is 18.7 Å². The van der Waals surface area contributed by atoms with Gasteiger partial charge in [-0.05, 0) is 53.5 Å². The quantitative estimate of drug-likeness (QED) is 0.798. The Bertz CT molecular complexity index is 819. The number of nitrogens with one attached hydrogen (secondary N) is 2. The number of hydrazine groups is 1. The first-order valence-corrected chi connectivity index (χ1v) is 8.73. The predicted molar refractivity (Wildman–Crippen MR) is 87.8 cm³/mol. The molecule has 7 heteroatoms. The number of benzene rings is 2. The Morgan fingerprint density at radius 2 is 1.77 bits per heavy atom.